The fourth-order valence-corrected chi connectivity index (χ4v) is 4.78. The molecule has 2 fully saturated rings. The third-order valence-corrected chi connectivity index (χ3v) is 6.11. The highest BCUT2D eigenvalue weighted by molar-refractivity contribution is 7.92. The van der Waals surface area contributed by atoms with E-state index in [-0.39, 0.29) is 5.25 Å². The lowest BCUT2D eigenvalue weighted by Crippen LogP contribution is -2.43. The summed E-state index contributed by atoms with van der Waals surface area (Å²) >= 11 is 0. The van der Waals surface area contributed by atoms with Crippen LogP contribution in [0.15, 0.2) is 0 Å². The van der Waals surface area contributed by atoms with Gasteiger partial charge in [-0.2, -0.15) is 0 Å². The molecule has 0 radical (unpaired) electrons. The first-order valence-corrected chi connectivity index (χ1v) is 8.47. The van der Waals surface area contributed by atoms with Crippen LogP contribution in [0.25, 0.3) is 0 Å². The van der Waals surface area contributed by atoms with Crippen molar-refractivity contribution in [3.8, 4) is 0 Å². The van der Waals surface area contributed by atoms with Crippen molar-refractivity contribution in [1.82, 2.24) is 10.2 Å². The van der Waals surface area contributed by atoms with E-state index in [9.17, 15) is 8.42 Å². The molecule has 1 N–H and O–H groups in total. The van der Waals surface area contributed by atoms with Gasteiger partial charge in [-0.25, -0.2) is 8.42 Å². The second-order valence-electron chi connectivity index (χ2n) is 5.45. The van der Waals surface area contributed by atoms with Crippen LogP contribution < -0.4 is 5.32 Å². The van der Waals surface area contributed by atoms with Crippen LogP contribution in [-0.4, -0.2) is 56.5 Å². The molecule has 0 aromatic rings. The Kier molecular flexibility index (Phi) is 4.44. The molecule has 4 nitrogen and oxygen atoms in total. The van der Waals surface area contributed by atoms with Gasteiger partial charge in [-0.1, -0.05) is 6.42 Å². The van der Waals surface area contributed by atoms with Crippen LogP contribution in [0, 0.1) is 0 Å². The highest BCUT2D eigenvalue weighted by atomic mass is 32.2. The molecule has 2 rings (SSSR count). The van der Waals surface area contributed by atoms with E-state index in [0.29, 0.717) is 11.8 Å². The smallest absolute Gasteiger partial charge is 0.154 e. The molecule has 2 atom stereocenters. The summed E-state index contributed by atoms with van der Waals surface area (Å²) in [5.41, 5.74) is 0. The van der Waals surface area contributed by atoms with E-state index in [1.807, 2.05) is 0 Å². The largest absolute Gasteiger partial charge is 0.313 e. The van der Waals surface area contributed by atoms with Crippen LogP contribution in [0.2, 0.25) is 0 Å². The van der Waals surface area contributed by atoms with Gasteiger partial charge in [-0.15, -0.1) is 0 Å². The van der Waals surface area contributed by atoms with E-state index in [2.05, 4.69) is 17.1 Å². The Morgan fingerprint density at radius 3 is 2.88 bits per heavy atom. The summed E-state index contributed by atoms with van der Waals surface area (Å²) in [6.45, 7) is 5.98. The van der Waals surface area contributed by atoms with Gasteiger partial charge in [-0.05, 0) is 39.3 Å². The van der Waals surface area contributed by atoms with Gasteiger partial charge in [-0.3, -0.25) is 0 Å². The molecule has 5 heteroatoms. The molecule has 2 aliphatic heterocycles. The topological polar surface area (TPSA) is 49.4 Å². The molecule has 0 aliphatic carbocycles. The van der Waals surface area contributed by atoms with Crippen molar-refractivity contribution in [1.29, 1.82) is 0 Å². The maximum absolute atomic E-state index is 12.0. The quantitative estimate of drug-likeness (QED) is 0.791. The average Bonchev–Trinajstić information content (AvgIpc) is 2.46. The first-order chi connectivity index (χ1) is 8.08. The molecule has 2 saturated heterocycles. The van der Waals surface area contributed by atoms with E-state index < -0.39 is 9.84 Å². The molecule has 0 saturated carbocycles. The molecule has 0 spiro atoms. The fourth-order valence-electron chi connectivity index (χ4n) is 2.87. The molecule has 0 amide bonds. The van der Waals surface area contributed by atoms with Crippen molar-refractivity contribution in [3.63, 3.8) is 0 Å². The molecule has 2 heterocycles. The Morgan fingerprint density at radius 2 is 2.12 bits per heavy atom. The number of hydrogen-bond donors (Lipinski definition) is 1. The van der Waals surface area contributed by atoms with E-state index in [1.54, 1.807) is 0 Å². The van der Waals surface area contributed by atoms with Gasteiger partial charge in [0.1, 0.15) is 0 Å². The summed E-state index contributed by atoms with van der Waals surface area (Å²) in [4.78, 5) is 2.33. The summed E-state index contributed by atoms with van der Waals surface area (Å²) in [5, 5.41) is 3.33. The molecule has 0 aromatic carbocycles. The monoisotopic (exact) mass is 260 g/mol. The first kappa shape index (κ1) is 13.3. The zero-order chi connectivity index (χ0) is 12.3. The Morgan fingerprint density at radius 1 is 1.29 bits per heavy atom. The SMILES string of the molecule is CC1CN(CC2CCCCS2(=O)=O)CCCN1. The van der Waals surface area contributed by atoms with E-state index in [0.717, 1.165) is 51.9 Å². The standard InChI is InChI=1S/C12H24N2O2S/c1-11-9-14(7-4-6-13-11)10-12-5-2-3-8-17(12,15)16/h11-13H,2-10H2,1H3. The van der Waals surface area contributed by atoms with Gasteiger partial charge in [0.25, 0.3) is 0 Å². The van der Waals surface area contributed by atoms with Gasteiger partial charge >= 0.3 is 0 Å². The minimum Gasteiger partial charge on any atom is -0.313 e. The minimum atomic E-state index is -2.81. The lowest BCUT2D eigenvalue weighted by Gasteiger charge is -2.29. The Bertz CT molecular complexity index is 342. The van der Waals surface area contributed by atoms with Gasteiger partial charge in [0.2, 0.25) is 0 Å². The highest BCUT2D eigenvalue weighted by Gasteiger charge is 2.30. The Labute approximate surface area is 105 Å². The Balaban J connectivity index is 1.94. The predicted octanol–water partition coefficient (Wildman–Crippen LogP) is 0.638. The van der Waals surface area contributed by atoms with Crippen LogP contribution >= 0.6 is 0 Å². The summed E-state index contributed by atoms with van der Waals surface area (Å²) in [7, 11) is -2.81. The van der Waals surface area contributed by atoms with Crippen molar-refractivity contribution >= 4 is 9.84 Å². The Hall–Kier alpha value is -0.130. The summed E-state index contributed by atoms with van der Waals surface area (Å²) in [6.07, 6.45) is 3.92. The zero-order valence-electron chi connectivity index (χ0n) is 10.7. The van der Waals surface area contributed by atoms with Crippen molar-refractivity contribution in [2.75, 3.05) is 31.9 Å². The van der Waals surface area contributed by atoms with Gasteiger partial charge in [0.05, 0.1) is 11.0 Å². The minimum absolute atomic E-state index is 0.110. The second kappa shape index (κ2) is 5.67. The van der Waals surface area contributed by atoms with Crippen molar-refractivity contribution in [2.24, 2.45) is 0 Å². The maximum atomic E-state index is 12.0. The second-order valence-corrected chi connectivity index (χ2v) is 7.85. The first-order valence-electron chi connectivity index (χ1n) is 6.75. The van der Waals surface area contributed by atoms with Crippen molar-refractivity contribution in [3.05, 3.63) is 0 Å². The van der Waals surface area contributed by atoms with E-state index >= 15 is 0 Å². The average molecular weight is 260 g/mol. The lowest BCUT2D eigenvalue weighted by molar-refractivity contribution is 0.265. The molecular formula is C12H24N2O2S. The molecular weight excluding hydrogens is 236 g/mol. The van der Waals surface area contributed by atoms with Gasteiger partial charge in [0.15, 0.2) is 9.84 Å². The molecule has 2 unspecified atom stereocenters. The fraction of sp³-hybridized carbons (Fsp3) is 1.00. The zero-order valence-corrected chi connectivity index (χ0v) is 11.5. The van der Waals surface area contributed by atoms with Gasteiger partial charge in [0, 0.05) is 19.1 Å². The van der Waals surface area contributed by atoms with Crippen molar-refractivity contribution < 1.29 is 8.42 Å². The number of nitrogens with one attached hydrogen (secondary N) is 1. The number of nitrogens with zero attached hydrogens (tertiary/aromatic N) is 1. The molecule has 100 valence electrons. The van der Waals surface area contributed by atoms with Gasteiger partial charge < -0.3 is 10.2 Å². The molecule has 2 aliphatic rings. The molecule has 0 bridgehead atoms. The summed E-state index contributed by atoms with van der Waals surface area (Å²) in [5.74, 6) is 0.402. The summed E-state index contributed by atoms with van der Waals surface area (Å²) in [6, 6.07) is 0.476. The number of sulfone groups is 1. The molecule has 0 aromatic heterocycles. The third kappa shape index (κ3) is 3.66. The van der Waals surface area contributed by atoms with Crippen LogP contribution in [-0.2, 0) is 9.84 Å². The maximum Gasteiger partial charge on any atom is 0.154 e. The normalized spacial score (nSPS) is 35.4. The van der Waals surface area contributed by atoms with Crippen LogP contribution in [0.3, 0.4) is 0 Å². The lowest BCUT2D eigenvalue weighted by atomic mass is 10.1. The number of rotatable bonds is 2. The summed E-state index contributed by atoms with van der Waals surface area (Å²) < 4.78 is 24.0. The highest BCUT2D eigenvalue weighted by Crippen LogP contribution is 2.20. The number of hydrogen-bond acceptors (Lipinski definition) is 4. The van der Waals surface area contributed by atoms with E-state index in [1.165, 1.54) is 0 Å². The van der Waals surface area contributed by atoms with E-state index in [4.69, 9.17) is 0 Å². The predicted molar refractivity (Wildman–Crippen MR) is 69.9 cm³/mol. The van der Waals surface area contributed by atoms with Crippen LogP contribution in [0.4, 0.5) is 0 Å². The van der Waals surface area contributed by atoms with Crippen LogP contribution in [0.1, 0.15) is 32.6 Å². The van der Waals surface area contributed by atoms with Crippen molar-refractivity contribution in [2.45, 2.75) is 43.9 Å². The third-order valence-electron chi connectivity index (χ3n) is 3.85. The van der Waals surface area contributed by atoms with Crippen LogP contribution in [0.5, 0.6) is 0 Å². The molecule has 17 heavy (non-hydrogen) atoms.